The number of hydrogen-bond acceptors (Lipinski definition) is 4. The molecule has 0 aromatic carbocycles. The molecular formula is C16H23N3O3. The molecule has 0 unspecified atom stereocenters. The van der Waals surface area contributed by atoms with E-state index < -0.39 is 5.54 Å². The van der Waals surface area contributed by atoms with Gasteiger partial charge in [-0.05, 0) is 25.0 Å². The van der Waals surface area contributed by atoms with Crippen LogP contribution in [0, 0.1) is 0 Å². The van der Waals surface area contributed by atoms with Gasteiger partial charge in [-0.2, -0.15) is 0 Å². The number of hydrogen-bond donors (Lipinski definition) is 1. The third-order valence-corrected chi connectivity index (χ3v) is 4.76. The zero-order valence-electron chi connectivity index (χ0n) is 12.8. The van der Waals surface area contributed by atoms with E-state index in [1.165, 1.54) is 6.26 Å². The van der Waals surface area contributed by atoms with Crippen molar-refractivity contribution in [1.29, 1.82) is 0 Å². The first kappa shape index (κ1) is 15.1. The third kappa shape index (κ3) is 2.88. The van der Waals surface area contributed by atoms with Crippen LogP contribution in [-0.2, 0) is 4.79 Å². The molecule has 0 spiro atoms. The molecule has 1 aromatic rings. The molecule has 2 amide bonds. The largest absolute Gasteiger partial charge is 0.459 e. The van der Waals surface area contributed by atoms with Crippen LogP contribution in [0.25, 0.3) is 0 Å². The van der Waals surface area contributed by atoms with E-state index in [0.29, 0.717) is 31.9 Å². The number of amides is 2. The van der Waals surface area contributed by atoms with E-state index in [1.54, 1.807) is 17.0 Å². The van der Waals surface area contributed by atoms with Crippen molar-refractivity contribution in [3.8, 4) is 0 Å². The van der Waals surface area contributed by atoms with Crippen molar-refractivity contribution in [2.75, 3.05) is 26.2 Å². The zero-order chi connectivity index (χ0) is 15.6. The average Bonchev–Trinajstić information content (AvgIpc) is 3.09. The van der Waals surface area contributed by atoms with E-state index in [-0.39, 0.29) is 11.8 Å². The Hall–Kier alpha value is -1.82. The van der Waals surface area contributed by atoms with Gasteiger partial charge in [-0.15, -0.1) is 0 Å². The van der Waals surface area contributed by atoms with Crippen molar-refractivity contribution >= 4 is 11.8 Å². The fourth-order valence-electron chi connectivity index (χ4n) is 3.38. The molecule has 120 valence electrons. The van der Waals surface area contributed by atoms with Gasteiger partial charge in [-0.3, -0.25) is 9.59 Å². The summed E-state index contributed by atoms with van der Waals surface area (Å²) < 4.78 is 5.14. The van der Waals surface area contributed by atoms with E-state index in [1.807, 2.05) is 4.90 Å². The van der Waals surface area contributed by atoms with Crippen LogP contribution in [0.3, 0.4) is 0 Å². The molecule has 0 atom stereocenters. The van der Waals surface area contributed by atoms with Gasteiger partial charge in [0, 0.05) is 26.2 Å². The van der Waals surface area contributed by atoms with Gasteiger partial charge >= 0.3 is 0 Å². The van der Waals surface area contributed by atoms with Gasteiger partial charge in [0.15, 0.2) is 5.76 Å². The summed E-state index contributed by atoms with van der Waals surface area (Å²) in [5.74, 6) is 0.289. The van der Waals surface area contributed by atoms with Crippen LogP contribution in [-0.4, -0.2) is 53.3 Å². The first-order valence-corrected chi connectivity index (χ1v) is 8.01. The average molecular weight is 305 g/mol. The summed E-state index contributed by atoms with van der Waals surface area (Å²) in [4.78, 5) is 28.4. The summed E-state index contributed by atoms with van der Waals surface area (Å²) in [5.41, 5.74) is 5.63. The Morgan fingerprint density at radius 3 is 2.27 bits per heavy atom. The maximum absolute atomic E-state index is 12.7. The third-order valence-electron chi connectivity index (χ3n) is 4.76. The maximum atomic E-state index is 12.7. The van der Waals surface area contributed by atoms with Crippen molar-refractivity contribution in [3.05, 3.63) is 24.2 Å². The van der Waals surface area contributed by atoms with Crippen molar-refractivity contribution in [1.82, 2.24) is 9.80 Å². The second-order valence-corrected chi connectivity index (χ2v) is 6.28. The lowest BCUT2D eigenvalue weighted by molar-refractivity contribution is -0.139. The van der Waals surface area contributed by atoms with Crippen molar-refractivity contribution in [2.45, 2.75) is 37.6 Å². The highest BCUT2D eigenvalue weighted by atomic mass is 16.3. The Kier molecular flexibility index (Phi) is 4.20. The van der Waals surface area contributed by atoms with E-state index in [0.717, 1.165) is 32.1 Å². The van der Waals surface area contributed by atoms with Crippen LogP contribution in [0.5, 0.6) is 0 Å². The van der Waals surface area contributed by atoms with E-state index in [4.69, 9.17) is 10.2 Å². The summed E-state index contributed by atoms with van der Waals surface area (Å²) in [7, 11) is 0. The molecule has 1 aromatic heterocycles. The SMILES string of the molecule is NC1(C(=O)N2CCN(C(=O)c3ccco3)CC2)CCCCC1. The lowest BCUT2D eigenvalue weighted by Crippen LogP contribution is -2.60. The Bertz CT molecular complexity index is 527. The monoisotopic (exact) mass is 305 g/mol. The molecule has 1 saturated heterocycles. The molecule has 6 heteroatoms. The Labute approximate surface area is 130 Å². The van der Waals surface area contributed by atoms with Crippen LogP contribution < -0.4 is 5.73 Å². The Morgan fingerprint density at radius 1 is 1.05 bits per heavy atom. The van der Waals surface area contributed by atoms with E-state index >= 15 is 0 Å². The lowest BCUT2D eigenvalue weighted by atomic mass is 9.81. The lowest BCUT2D eigenvalue weighted by Gasteiger charge is -2.40. The number of nitrogens with two attached hydrogens (primary N) is 1. The quantitative estimate of drug-likeness (QED) is 0.891. The smallest absolute Gasteiger partial charge is 0.289 e. The topological polar surface area (TPSA) is 79.8 Å². The molecule has 2 aliphatic rings. The second-order valence-electron chi connectivity index (χ2n) is 6.28. The number of carbonyl (C=O) groups is 2. The van der Waals surface area contributed by atoms with Crippen LogP contribution in [0.4, 0.5) is 0 Å². The summed E-state index contributed by atoms with van der Waals surface area (Å²) in [6.45, 7) is 2.15. The Balaban J connectivity index is 1.57. The molecule has 1 aliphatic carbocycles. The summed E-state index contributed by atoms with van der Waals surface area (Å²) in [5, 5.41) is 0. The maximum Gasteiger partial charge on any atom is 0.289 e. The molecule has 22 heavy (non-hydrogen) atoms. The molecule has 0 bridgehead atoms. The number of furan rings is 1. The van der Waals surface area contributed by atoms with Gasteiger partial charge in [-0.25, -0.2) is 0 Å². The van der Waals surface area contributed by atoms with E-state index in [2.05, 4.69) is 0 Å². The molecule has 1 aliphatic heterocycles. The van der Waals surface area contributed by atoms with Gasteiger partial charge in [0.05, 0.1) is 11.8 Å². The normalized spacial score (nSPS) is 21.7. The van der Waals surface area contributed by atoms with Crippen molar-refractivity contribution in [2.24, 2.45) is 5.73 Å². The first-order chi connectivity index (χ1) is 10.6. The van der Waals surface area contributed by atoms with Crippen LogP contribution >= 0.6 is 0 Å². The van der Waals surface area contributed by atoms with Crippen LogP contribution in [0.15, 0.2) is 22.8 Å². The number of nitrogens with zero attached hydrogens (tertiary/aromatic N) is 2. The molecule has 2 fully saturated rings. The van der Waals surface area contributed by atoms with Crippen LogP contribution in [0.1, 0.15) is 42.7 Å². The van der Waals surface area contributed by atoms with Crippen molar-refractivity contribution < 1.29 is 14.0 Å². The predicted molar refractivity (Wildman–Crippen MR) is 81.2 cm³/mol. The highest BCUT2D eigenvalue weighted by Gasteiger charge is 2.39. The molecule has 2 heterocycles. The van der Waals surface area contributed by atoms with Gasteiger partial charge in [0.1, 0.15) is 0 Å². The van der Waals surface area contributed by atoms with Gasteiger partial charge < -0.3 is 20.0 Å². The fourth-order valence-corrected chi connectivity index (χ4v) is 3.38. The van der Waals surface area contributed by atoms with Crippen molar-refractivity contribution in [3.63, 3.8) is 0 Å². The minimum absolute atomic E-state index is 0.0531. The zero-order valence-corrected chi connectivity index (χ0v) is 12.8. The second kappa shape index (κ2) is 6.12. The highest BCUT2D eigenvalue weighted by molar-refractivity contribution is 5.92. The fraction of sp³-hybridized carbons (Fsp3) is 0.625. The molecule has 1 saturated carbocycles. The number of piperazine rings is 1. The Morgan fingerprint density at radius 2 is 1.68 bits per heavy atom. The first-order valence-electron chi connectivity index (χ1n) is 8.01. The summed E-state index contributed by atoms with van der Waals surface area (Å²) >= 11 is 0. The van der Waals surface area contributed by atoms with Gasteiger partial charge in [0.25, 0.3) is 5.91 Å². The standard InChI is InChI=1S/C16H23N3O3/c17-16(6-2-1-3-7-16)15(21)19-10-8-18(9-11-19)14(20)13-5-4-12-22-13/h4-5,12H,1-3,6-11,17H2. The van der Waals surface area contributed by atoms with E-state index in [9.17, 15) is 9.59 Å². The van der Waals surface area contributed by atoms with Crippen LogP contribution in [0.2, 0.25) is 0 Å². The minimum Gasteiger partial charge on any atom is -0.459 e. The van der Waals surface area contributed by atoms with Gasteiger partial charge in [-0.1, -0.05) is 19.3 Å². The molecule has 3 rings (SSSR count). The summed E-state index contributed by atoms with van der Waals surface area (Å²) in [6.07, 6.45) is 6.26. The number of carbonyl (C=O) groups excluding carboxylic acids is 2. The molecular weight excluding hydrogens is 282 g/mol. The minimum atomic E-state index is -0.689. The molecule has 2 N–H and O–H groups in total. The molecule has 0 radical (unpaired) electrons. The molecule has 6 nitrogen and oxygen atoms in total. The van der Waals surface area contributed by atoms with Gasteiger partial charge in [0.2, 0.25) is 5.91 Å². The summed E-state index contributed by atoms with van der Waals surface area (Å²) in [6, 6.07) is 3.37. The highest BCUT2D eigenvalue weighted by Crippen LogP contribution is 2.28. The number of rotatable bonds is 2. The predicted octanol–water partition coefficient (Wildman–Crippen LogP) is 1.23.